The summed E-state index contributed by atoms with van der Waals surface area (Å²) in [6.07, 6.45) is 4.27. The lowest BCUT2D eigenvalue weighted by molar-refractivity contribution is 0.414. The van der Waals surface area contributed by atoms with Crippen molar-refractivity contribution in [3.63, 3.8) is 0 Å². The van der Waals surface area contributed by atoms with Crippen LogP contribution in [-0.4, -0.2) is 48.2 Å². The molecule has 126 valence electrons. The number of ether oxygens (including phenoxy) is 1. The molecule has 0 bridgehead atoms. The molecule has 6 nitrogen and oxygen atoms in total. The number of piperazine rings is 1. The second-order valence-electron chi connectivity index (χ2n) is 6.53. The number of anilines is 2. The van der Waals surface area contributed by atoms with E-state index in [-0.39, 0.29) is 0 Å². The Hall–Kier alpha value is -2.37. The lowest BCUT2D eigenvalue weighted by Gasteiger charge is -2.36. The molecule has 0 atom stereocenters. The molecule has 1 saturated heterocycles. The summed E-state index contributed by atoms with van der Waals surface area (Å²) in [7, 11) is 1.69. The molecule has 6 heteroatoms. The zero-order valence-electron chi connectivity index (χ0n) is 14.3. The molecule has 3 heterocycles. The third kappa shape index (κ3) is 3.13. The fourth-order valence-corrected chi connectivity index (χ4v) is 3.12. The number of hydrogen-bond donors (Lipinski definition) is 0. The molecule has 4 rings (SSSR count). The van der Waals surface area contributed by atoms with E-state index in [2.05, 4.69) is 32.8 Å². The van der Waals surface area contributed by atoms with Crippen molar-refractivity contribution in [2.24, 2.45) is 0 Å². The van der Waals surface area contributed by atoms with E-state index in [1.165, 1.54) is 12.8 Å². The highest BCUT2D eigenvalue weighted by atomic mass is 16.5. The van der Waals surface area contributed by atoms with Gasteiger partial charge in [-0.2, -0.15) is 0 Å². The van der Waals surface area contributed by atoms with Gasteiger partial charge in [0.1, 0.15) is 23.2 Å². The van der Waals surface area contributed by atoms with Crippen LogP contribution < -0.4 is 14.5 Å². The van der Waals surface area contributed by atoms with E-state index >= 15 is 0 Å². The van der Waals surface area contributed by atoms with Gasteiger partial charge in [-0.15, -0.1) is 0 Å². The zero-order valence-corrected chi connectivity index (χ0v) is 14.3. The van der Waals surface area contributed by atoms with Crippen molar-refractivity contribution >= 4 is 11.6 Å². The Morgan fingerprint density at radius 1 is 1.00 bits per heavy atom. The molecule has 2 aromatic heterocycles. The largest absolute Gasteiger partial charge is 0.497 e. The molecule has 0 N–H and O–H groups in total. The molecule has 0 unspecified atom stereocenters. The van der Waals surface area contributed by atoms with Crippen molar-refractivity contribution in [1.29, 1.82) is 0 Å². The molecule has 1 saturated carbocycles. The van der Waals surface area contributed by atoms with Gasteiger partial charge >= 0.3 is 0 Å². The Morgan fingerprint density at radius 2 is 1.71 bits per heavy atom. The summed E-state index contributed by atoms with van der Waals surface area (Å²) in [6, 6.07) is 5.98. The fourth-order valence-electron chi connectivity index (χ4n) is 3.12. The van der Waals surface area contributed by atoms with Gasteiger partial charge < -0.3 is 14.5 Å². The summed E-state index contributed by atoms with van der Waals surface area (Å²) in [5.74, 6) is 4.52. The maximum atomic E-state index is 5.30. The average Bonchev–Trinajstić information content (AvgIpc) is 3.47. The molecule has 1 aliphatic heterocycles. The highest BCUT2D eigenvalue weighted by Crippen LogP contribution is 2.38. The van der Waals surface area contributed by atoms with Crippen LogP contribution in [0.4, 0.5) is 11.6 Å². The minimum atomic E-state index is 0.589. The highest BCUT2D eigenvalue weighted by molar-refractivity contribution is 5.47. The van der Waals surface area contributed by atoms with Gasteiger partial charge in [-0.05, 0) is 25.8 Å². The number of pyridine rings is 1. The van der Waals surface area contributed by atoms with Crippen molar-refractivity contribution in [2.75, 3.05) is 43.1 Å². The Labute approximate surface area is 142 Å². The molecule has 2 aliphatic rings. The molecule has 24 heavy (non-hydrogen) atoms. The van der Waals surface area contributed by atoms with Crippen LogP contribution in [0.5, 0.6) is 5.75 Å². The van der Waals surface area contributed by atoms with E-state index < -0.39 is 0 Å². The number of nitrogens with zero attached hydrogens (tertiary/aromatic N) is 5. The third-order valence-corrected chi connectivity index (χ3v) is 4.68. The number of rotatable bonds is 4. The Morgan fingerprint density at radius 3 is 2.38 bits per heavy atom. The van der Waals surface area contributed by atoms with E-state index in [0.29, 0.717) is 5.92 Å². The Bertz CT molecular complexity index is 723. The Balaban J connectivity index is 1.46. The normalized spacial score (nSPS) is 17.9. The van der Waals surface area contributed by atoms with E-state index in [1.807, 2.05) is 12.1 Å². The summed E-state index contributed by atoms with van der Waals surface area (Å²) in [4.78, 5) is 18.5. The van der Waals surface area contributed by atoms with Gasteiger partial charge in [0.15, 0.2) is 0 Å². The lowest BCUT2D eigenvalue weighted by Crippen LogP contribution is -2.47. The molecule has 1 aliphatic carbocycles. The van der Waals surface area contributed by atoms with Gasteiger partial charge in [0.25, 0.3) is 0 Å². The van der Waals surface area contributed by atoms with Gasteiger partial charge in [0, 0.05) is 56.1 Å². The average molecular weight is 325 g/mol. The molecular weight excluding hydrogens is 302 g/mol. The minimum absolute atomic E-state index is 0.589. The minimum Gasteiger partial charge on any atom is -0.497 e. The summed E-state index contributed by atoms with van der Waals surface area (Å²) in [6.45, 7) is 5.82. The van der Waals surface area contributed by atoms with Crippen LogP contribution in [0.15, 0.2) is 24.4 Å². The van der Waals surface area contributed by atoms with Gasteiger partial charge in [-0.1, -0.05) is 0 Å². The zero-order chi connectivity index (χ0) is 16.5. The van der Waals surface area contributed by atoms with Crippen LogP contribution in [0.1, 0.15) is 30.3 Å². The standard InChI is InChI=1S/C18H23N5O/c1-13-11-17(21-18(20-13)14-3-4-14)23-9-7-22(8-10-23)16-12-15(24-2)5-6-19-16/h5-6,11-12,14H,3-4,7-10H2,1-2H3. The topological polar surface area (TPSA) is 54.4 Å². The van der Waals surface area contributed by atoms with Crippen molar-refractivity contribution in [3.05, 3.63) is 35.9 Å². The first kappa shape index (κ1) is 15.2. The Kier molecular flexibility index (Phi) is 3.96. The number of aromatic nitrogens is 3. The van der Waals surface area contributed by atoms with E-state index in [1.54, 1.807) is 13.3 Å². The van der Waals surface area contributed by atoms with Crippen LogP contribution >= 0.6 is 0 Å². The van der Waals surface area contributed by atoms with Gasteiger partial charge in [0.05, 0.1) is 7.11 Å². The monoisotopic (exact) mass is 325 g/mol. The summed E-state index contributed by atoms with van der Waals surface area (Å²) in [5, 5.41) is 0. The number of methoxy groups -OCH3 is 1. The summed E-state index contributed by atoms with van der Waals surface area (Å²) < 4.78 is 5.30. The third-order valence-electron chi connectivity index (χ3n) is 4.68. The smallest absolute Gasteiger partial charge is 0.134 e. The number of hydrogen-bond acceptors (Lipinski definition) is 6. The highest BCUT2D eigenvalue weighted by Gasteiger charge is 2.28. The van der Waals surface area contributed by atoms with Crippen LogP contribution in [0.25, 0.3) is 0 Å². The predicted octanol–water partition coefficient (Wildman–Crippen LogP) is 2.39. The van der Waals surface area contributed by atoms with Crippen LogP contribution in [0.2, 0.25) is 0 Å². The lowest BCUT2D eigenvalue weighted by atomic mass is 10.2. The maximum absolute atomic E-state index is 5.30. The van der Waals surface area contributed by atoms with Crippen LogP contribution in [0, 0.1) is 6.92 Å². The quantitative estimate of drug-likeness (QED) is 0.860. The van der Waals surface area contributed by atoms with Crippen molar-refractivity contribution in [1.82, 2.24) is 15.0 Å². The van der Waals surface area contributed by atoms with E-state index in [4.69, 9.17) is 9.72 Å². The molecular formula is C18H23N5O. The summed E-state index contributed by atoms with van der Waals surface area (Å²) in [5.41, 5.74) is 1.07. The first-order chi connectivity index (χ1) is 11.7. The molecule has 2 aromatic rings. The first-order valence-electron chi connectivity index (χ1n) is 8.58. The van der Waals surface area contributed by atoms with E-state index in [9.17, 15) is 0 Å². The number of aryl methyl sites for hydroxylation is 1. The first-order valence-corrected chi connectivity index (χ1v) is 8.58. The molecule has 0 aromatic carbocycles. The molecule has 2 fully saturated rings. The SMILES string of the molecule is COc1ccnc(N2CCN(c3cc(C)nc(C4CC4)n3)CC2)c1. The van der Waals surface area contributed by atoms with Crippen LogP contribution in [-0.2, 0) is 0 Å². The molecule has 0 spiro atoms. The molecule has 0 radical (unpaired) electrons. The van der Waals surface area contributed by atoms with Crippen molar-refractivity contribution in [2.45, 2.75) is 25.7 Å². The summed E-state index contributed by atoms with van der Waals surface area (Å²) >= 11 is 0. The van der Waals surface area contributed by atoms with Gasteiger partial charge in [0.2, 0.25) is 0 Å². The second kappa shape index (κ2) is 6.26. The van der Waals surface area contributed by atoms with Gasteiger partial charge in [-0.3, -0.25) is 0 Å². The molecule has 0 amide bonds. The van der Waals surface area contributed by atoms with Crippen LogP contribution in [0.3, 0.4) is 0 Å². The van der Waals surface area contributed by atoms with Gasteiger partial charge in [-0.25, -0.2) is 15.0 Å². The second-order valence-corrected chi connectivity index (χ2v) is 6.53. The predicted molar refractivity (Wildman–Crippen MR) is 94.0 cm³/mol. The maximum Gasteiger partial charge on any atom is 0.134 e. The van der Waals surface area contributed by atoms with E-state index in [0.717, 1.165) is 55.1 Å². The van der Waals surface area contributed by atoms with Crippen molar-refractivity contribution < 1.29 is 4.74 Å². The fraction of sp³-hybridized carbons (Fsp3) is 0.500. The van der Waals surface area contributed by atoms with Crippen molar-refractivity contribution in [3.8, 4) is 5.75 Å².